The van der Waals surface area contributed by atoms with Gasteiger partial charge < -0.3 is 10.1 Å². The number of methoxy groups -OCH3 is 1. The number of hydrogen-bond acceptors (Lipinski definition) is 4. The van der Waals surface area contributed by atoms with Crippen LogP contribution in [0, 0.1) is 10.1 Å². The lowest BCUT2D eigenvalue weighted by Gasteiger charge is -2.33. The molecule has 0 radical (unpaired) electrons. The van der Waals surface area contributed by atoms with Crippen molar-refractivity contribution >= 4 is 16.8 Å². The van der Waals surface area contributed by atoms with E-state index in [1.807, 2.05) is 60.7 Å². The summed E-state index contributed by atoms with van der Waals surface area (Å²) in [7, 11) is 1.52. The smallest absolute Gasteiger partial charge is 0.323 e. The zero-order chi connectivity index (χ0) is 21.3. The van der Waals surface area contributed by atoms with Crippen molar-refractivity contribution in [3.63, 3.8) is 0 Å². The molecule has 0 saturated heterocycles. The molecule has 1 aliphatic rings. The number of allylic oxidation sites excluding steroid dienone is 1. The number of nitrogens with one attached hydrogen (secondary N) is 1. The van der Waals surface area contributed by atoms with Gasteiger partial charge in [0.1, 0.15) is 5.75 Å². The van der Waals surface area contributed by atoms with Gasteiger partial charge in [-0.3, -0.25) is 15.0 Å². The molecule has 1 heterocycles. The highest BCUT2D eigenvalue weighted by atomic mass is 16.6. The van der Waals surface area contributed by atoms with Crippen molar-refractivity contribution in [2.45, 2.75) is 19.5 Å². The number of ether oxygens (including phenoxy) is 1. The minimum Gasteiger partial charge on any atom is -0.496 e. The number of nitro groups is 1. The van der Waals surface area contributed by atoms with E-state index in [9.17, 15) is 14.9 Å². The van der Waals surface area contributed by atoms with Crippen LogP contribution in [0.15, 0.2) is 78.1 Å². The fraction of sp³-hybridized carbons (Fsp3) is 0.174. The maximum Gasteiger partial charge on any atom is 0.323 e. The monoisotopic (exact) mass is 403 g/mol. The summed E-state index contributed by atoms with van der Waals surface area (Å²) < 4.78 is 5.52. The first-order valence-corrected chi connectivity index (χ1v) is 9.54. The molecular formula is C23H21N3O4. The highest BCUT2D eigenvalue weighted by Crippen LogP contribution is 2.40. The molecule has 7 heteroatoms. The first kappa shape index (κ1) is 19.4. The summed E-state index contributed by atoms with van der Waals surface area (Å²) in [5.74, 6) is 0.489. The van der Waals surface area contributed by atoms with E-state index in [1.165, 1.54) is 12.0 Å². The van der Waals surface area contributed by atoms with Gasteiger partial charge >= 0.3 is 6.03 Å². The minimum atomic E-state index is -0.930. The van der Waals surface area contributed by atoms with Crippen LogP contribution in [0.5, 0.6) is 5.75 Å². The molecule has 4 rings (SSSR count). The number of hydrogen-bond donors (Lipinski definition) is 1. The standard InChI is InChI=1S/C23H21N3O4/c1-15-22(26(28)29)21(24-23(27)25(15)14-16-8-4-3-5-9-16)20-18-11-7-6-10-17(18)12-13-19(20)30-2/h3-13,21H,14H2,1-2H3,(H,24,27). The van der Waals surface area contributed by atoms with Gasteiger partial charge in [0.15, 0.2) is 6.04 Å². The van der Waals surface area contributed by atoms with Gasteiger partial charge in [-0.15, -0.1) is 0 Å². The highest BCUT2D eigenvalue weighted by molar-refractivity contribution is 5.90. The van der Waals surface area contributed by atoms with Crippen molar-refractivity contribution in [2.24, 2.45) is 0 Å². The third kappa shape index (κ3) is 3.34. The van der Waals surface area contributed by atoms with Crippen LogP contribution in [-0.4, -0.2) is 23.0 Å². The van der Waals surface area contributed by atoms with Crippen LogP contribution >= 0.6 is 0 Å². The summed E-state index contributed by atoms with van der Waals surface area (Å²) >= 11 is 0. The second-order valence-corrected chi connectivity index (χ2v) is 7.08. The van der Waals surface area contributed by atoms with E-state index in [0.717, 1.165) is 16.3 Å². The average molecular weight is 403 g/mol. The van der Waals surface area contributed by atoms with Crippen molar-refractivity contribution in [3.05, 3.63) is 99.4 Å². The van der Waals surface area contributed by atoms with Crippen molar-refractivity contribution in [2.75, 3.05) is 7.11 Å². The van der Waals surface area contributed by atoms with Gasteiger partial charge in [0.2, 0.25) is 0 Å². The summed E-state index contributed by atoms with van der Waals surface area (Å²) in [5.41, 5.74) is 1.71. The van der Waals surface area contributed by atoms with E-state index >= 15 is 0 Å². The Morgan fingerprint density at radius 1 is 1.07 bits per heavy atom. The third-order valence-corrected chi connectivity index (χ3v) is 5.38. The number of amides is 2. The Morgan fingerprint density at radius 3 is 2.47 bits per heavy atom. The van der Waals surface area contributed by atoms with Crippen LogP contribution in [-0.2, 0) is 6.54 Å². The fourth-order valence-corrected chi connectivity index (χ4v) is 3.92. The number of rotatable bonds is 5. The molecule has 0 saturated carbocycles. The molecule has 0 fully saturated rings. The Morgan fingerprint density at radius 2 is 1.77 bits per heavy atom. The molecule has 0 aliphatic carbocycles. The van der Waals surface area contributed by atoms with E-state index < -0.39 is 11.0 Å². The number of carbonyl (C=O) groups excluding carboxylic acids is 1. The molecule has 1 N–H and O–H groups in total. The molecule has 2 amide bonds. The molecule has 1 atom stereocenters. The number of fused-ring (bicyclic) bond motifs is 1. The van der Waals surface area contributed by atoms with E-state index in [0.29, 0.717) is 17.0 Å². The lowest BCUT2D eigenvalue weighted by Crippen LogP contribution is -2.47. The summed E-state index contributed by atoms with van der Waals surface area (Å²) in [4.78, 5) is 26.1. The Labute approximate surface area is 173 Å². The molecule has 3 aromatic rings. The molecule has 0 aromatic heterocycles. The lowest BCUT2D eigenvalue weighted by molar-refractivity contribution is -0.433. The lowest BCUT2D eigenvalue weighted by atomic mass is 9.93. The van der Waals surface area contributed by atoms with Gasteiger partial charge in [-0.25, -0.2) is 4.79 Å². The van der Waals surface area contributed by atoms with Gasteiger partial charge in [-0.05, 0) is 29.3 Å². The minimum absolute atomic E-state index is 0.0693. The second-order valence-electron chi connectivity index (χ2n) is 7.08. The van der Waals surface area contributed by atoms with Crippen molar-refractivity contribution < 1.29 is 14.5 Å². The van der Waals surface area contributed by atoms with Gasteiger partial charge in [-0.1, -0.05) is 60.7 Å². The van der Waals surface area contributed by atoms with Crippen LogP contribution in [0.2, 0.25) is 0 Å². The SMILES string of the molecule is COc1ccc2ccccc2c1C1NC(=O)N(Cc2ccccc2)C(C)=C1[N+](=O)[O-]. The van der Waals surface area contributed by atoms with Crippen molar-refractivity contribution in [1.29, 1.82) is 0 Å². The largest absolute Gasteiger partial charge is 0.496 e. The van der Waals surface area contributed by atoms with Gasteiger partial charge in [-0.2, -0.15) is 0 Å². The molecule has 1 aliphatic heterocycles. The zero-order valence-electron chi connectivity index (χ0n) is 16.7. The first-order chi connectivity index (χ1) is 14.5. The Kier molecular flexibility index (Phi) is 5.10. The predicted octanol–water partition coefficient (Wildman–Crippen LogP) is 4.62. The maximum atomic E-state index is 13.0. The maximum absolute atomic E-state index is 13.0. The fourth-order valence-electron chi connectivity index (χ4n) is 3.92. The Hall–Kier alpha value is -3.87. The molecule has 30 heavy (non-hydrogen) atoms. The molecule has 3 aromatic carbocycles. The summed E-state index contributed by atoms with van der Waals surface area (Å²) in [6.45, 7) is 1.86. The quantitative estimate of drug-likeness (QED) is 0.497. The van der Waals surface area contributed by atoms with Gasteiger partial charge in [0, 0.05) is 5.56 Å². The van der Waals surface area contributed by atoms with E-state index in [2.05, 4.69) is 5.32 Å². The van der Waals surface area contributed by atoms with Gasteiger partial charge in [0.05, 0.1) is 24.3 Å². The third-order valence-electron chi connectivity index (χ3n) is 5.38. The summed E-state index contributed by atoms with van der Waals surface area (Å²) in [5, 5.41) is 16.7. The molecule has 1 unspecified atom stereocenters. The number of urea groups is 1. The zero-order valence-corrected chi connectivity index (χ0v) is 16.7. The molecule has 152 valence electrons. The second kappa shape index (κ2) is 7.87. The summed E-state index contributed by atoms with van der Waals surface area (Å²) in [6.07, 6.45) is 0. The molecule has 0 bridgehead atoms. The molecular weight excluding hydrogens is 382 g/mol. The van der Waals surface area contributed by atoms with Crippen LogP contribution in [0.1, 0.15) is 24.1 Å². The Balaban J connectivity index is 1.87. The normalized spacial score (nSPS) is 16.5. The predicted molar refractivity (Wildman–Crippen MR) is 113 cm³/mol. The molecule has 7 nitrogen and oxygen atoms in total. The van der Waals surface area contributed by atoms with E-state index in [4.69, 9.17) is 4.74 Å². The number of carbonyl (C=O) groups is 1. The topological polar surface area (TPSA) is 84.7 Å². The number of benzene rings is 3. The first-order valence-electron chi connectivity index (χ1n) is 9.54. The highest BCUT2D eigenvalue weighted by Gasteiger charge is 2.41. The Bertz CT molecular complexity index is 1160. The van der Waals surface area contributed by atoms with E-state index in [-0.39, 0.29) is 18.3 Å². The van der Waals surface area contributed by atoms with Crippen molar-refractivity contribution in [1.82, 2.24) is 10.2 Å². The number of nitrogens with zero attached hydrogens (tertiary/aromatic N) is 2. The van der Waals surface area contributed by atoms with Gasteiger partial charge in [0.25, 0.3) is 5.70 Å². The van der Waals surface area contributed by atoms with Crippen LogP contribution in [0.25, 0.3) is 10.8 Å². The van der Waals surface area contributed by atoms with Crippen LogP contribution in [0.3, 0.4) is 0 Å². The van der Waals surface area contributed by atoms with E-state index in [1.54, 1.807) is 13.0 Å². The van der Waals surface area contributed by atoms with Crippen LogP contribution in [0.4, 0.5) is 4.79 Å². The van der Waals surface area contributed by atoms with Crippen LogP contribution < -0.4 is 10.1 Å². The molecule has 0 spiro atoms. The van der Waals surface area contributed by atoms with Crippen molar-refractivity contribution in [3.8, 4) is 5.75 Å². The average Bonchev–Trinajstić information content (AvgIpc) is 2.75. The summed E-state index contributed by atoms with van der Waals surface area (Å²) in [6, 6.07) is 19.3.